The lowest BCUT2D eigenvalue weighted by Gasteiger charge is -2.29. The number of para-hydroxylation sites is 1. The van der Waals surface area contributed by atoms with Crippen LogP contribution >= 0.6 is 11.3 Å². The Kier molecular flexibility index (Phi) is 6.70. The minimum Gasteiger partial charge on any atom is -0.508 e. The van der Waals surface area contributed by atoms with Crippen molar-refractivity contribution in [1.29, 1.82) is 0 Å². The van der Waals surface area contributed by atoms with Crippen molar-refractivity contribution in [3.8, 4) is 11.5 Å². The van der Waals surface area contributed by atoms with E-state index in [1.54, 1.807) is 40.9 Å². The van der Waals surface area contributed by atoms with E-state index >= 15 is 0 Å². The summed E-state index contributed by atoms with van der Waals surface area (Å²) in [5, 5.41) is 9.82. The molecule has 4 rings (SSSR count). The number of phenolic OH excluding ortho intramolecular Hbond substituents is 1. The van der Waals surface area contributed by atoms with E-state index in [0.717, 1.165) is 5.56 Å². The summed E-state index contributed by atoms with van der Waals surface area (Å²) in [6.45, 7) is 6.77. The molecular weight excluding hydrogens is 450 g/mol. The predicted molar refractivity (Wildman–Crippen MR) is 133 cm³/mol. The van der Waals surface area contributed by atoms with Crippen LogP contribution < -0.4 is 19.6 Å². The molecule has 1 N–H and O–H groups in total. The van der Waals surface area contributed by atoms with Crippen molar-refractivity contribution in [2.24, 2.45) is 4.99 Å². The van der Waals surface area contributed by atoms with Crippen LogP contribution in [0.4, 0.5) is 0 Å². The van der Waals surface area contributed by atoms with Crippen molar-refractivity contribution in [3.05, 3.63) is 90.6 Å². The summed E-state index contributed by atoms with van der Waals surface area (Å²) < 4.78 is 7.67. The standard InChI is InChI=1S/C26H27N3O4S/c1-5-28(6-2)25(32)22-16(3)27-26-29(23(22)19-12-7-8-13-20(19)33-4)24(31)21(34-26)15-17-10-9-11-18(30)14-17/h7-15,23,30H,5-6H2,1-4H3. The second-order valence-corrected chi connectivity index (χ2v) is 8.91. The Morgan fingerprint density at radius 1 is 1.21 bits per heavy atom. The molecular formula is C26H27N3O4S. The van der Waals surface area contributed by atoms with Crippen LogP contribution in [0.2, 0.25) is 0 Å². The molecule has 1 aromatic heterocycles. The van der Waals surface area contributed by atoms with Crippen LogP contribution in [0.3, 0.4) is 0 Å². The number of aromatic hydroxyl groups is 1. The zero-order chi connectivity index (χ0) is 24.4. The number of hydrogen-bond acceptors (Lipinski definition) is 6. The number of aromatic nitrogens is 1. The summed E-state index contributed by atoms with van der Waals surface area (Å²) in [6.07, 6.45) is 1.73. The van der Waals surface area contributed by atoms with Crippen molar-refractivity contribution < 1.29 is 14.6 Å². The SMILES string of the molecule is CCN(CC)C(=O)C1=C(C)N=c2sc(=Cc3cccc(O)c3)c(=O)n2C1c1ccccc1OC. The number of benzene rings is 2. The molecule has 1 amide bonds. The first-order chi connectivity index (χ1) is 16.4. The summed E-state index contributed by atoms with van der Waals surface area (Å²) in [6, 6.07) is 13.5. The van der Waals surface area contributed by atoms with Crippen LogP contribution in [-0.4, -0.2) is 40.7 Å². The number of carbonyl (C=O) groups excluding carboxylic acids is 1. The summed E-state index contributed by atoms with van der Waals surface area (Å²) in [5.74, 6) is 0.565. The van der Waals surface area contributed by atoms with Crippen molar-refractivity contribution in [1.82, 2.24) is 9.47 Å². The smallest absolute Gasteiger partial charge is 0.271 e. The second kappa shape index (κ2) is 9.69. The Balaban J connectivity index is 2.00. The molecule has 1 aliphatic rings. The van der Waals surface area contributed by atoms with E-state index in [-0.39, 0.29) is 17.2 Å². The lowest BCUT2D eigenvalue weighted by atomic mass is 9.94. The number of rotatable bonds is 6. The molecule has 2 aromatic carbocycles. The molecule has 34 heavy (non-hydrogen) atoms. The first-order valence-electron chi connectivity index (χ1n) is 11.1. The van der Waals surface area contributed by atoms with Crippen molar-refractivity contribution in [3.63, 3.8) is 0 Å². The Labute approximate surface area is 201 Å². The zero-order valence-electron chi connectivity index (χ0n) is 19.6. The van der Waals surface area contributed by atoms with Crippen LogP contribution in [0.25, 0.3) is 6.08 Å². The minimum absolute atomic E-state index is 0.122. The van der Waals surface area contributed by atoms with Gasteiger partial charge < -0.3 is 14.7 Å². The first-order valence-corrected chi connectivity index (χ1v) is 11.9. The molecule has 8 heteroatoms. The number of phenols is 1. The average Bonchev–Trinajstić information content (AvgIpc) is 3.13. The van der Waals surface area contributed by atoms with Crippen LogP contribution in [-0.2, 0) is 4.79 Å². The maximum Gasteiger partial charge on any atom is 0.271 e. The minimum atomic E-state index is -0.674. The number of amides is 1. The third-order valence-electron chi connectivity index (χ3n) is 5.90. The van der Waals surface area contributed by atoms with Gasteiger partial charge in [0.15, 0.2) is 4.80 Å². The molecule has 0 fully saturated rings. The van der Waals surface area contributed by atoms with Crippen molar-refractivity contribution in [2.75, 3.05) is 20.2 Å². The maximum atomic E-state index is 13.7. The monoisotopic (exact) mass is 477 g/mol. The first kappa shape index (κ1) is 23.5. The van der Waals surface area contributed by atoms with Gasteiger partial charge in [-0.1, -0.05) is 41.7 Å². The van der Waals surface area contributed by atoms with Crippen LogP contribution in [0, 0.1) is 0 Å². The normalized spacial score (nSPS) is 15.6. The van der Waals surface area contributed by atoms with E-state index in [2.05, 4.69) is 4.99 Å². The van der Waals surface area contributed by atoms with Crippen LogP contribution in [0.1, 0.15) is 37.9 Å². The lowest BCUT2D eigenvalue weighted by molar-refractivity contribution is -0.127. The van der Waals surface area contributed by atoms with Gasteiger partial charge >= 0.3 is 0 Å². The molecule has 0 radical (unpaired) electrons. The van der Waals surface area contributed by atoms with Gasteiger partial charge in [-0.2, -0.15) is 0 Å². The molecule has 0 saturated carbocycles. The average molecular weight is 478 g/mol. The van der Waals surface area contributed by atoms with E-state index in [4.69, 9.17) is 4.74 Å². The van der Waals surface area contributed by atoms with Crippen molar-refractivity contribution in [2.45, 2.75) is 26.8 Å². The number of nitrogens with zero attached hydrogens (tertiary/aromatic N) is 3. The zero-order valence-corrected chi connectivity index (χ0v) is 20.4. The van der Waals surface area contributed by atoms with Gasteiger partial charge in [-0.05, 0) is 50.6 Å². The number of ether oxygens (including phenoxy) is 1. The number of carbonyl (C=O) groups is 1. The number of thiazole rings is 1. The summed E-state index contributed by atoms with van der Waals surface area (Å²) in [4.78, 5) is 34.3. The molecule has 2 heterocycles. The molecule has 0 bridgehead atoms. The fourth-order valence-electron chi connectivity index (χ4n) is 4.23. The fraction of sp³-hybridized carbons (Fsp3) is 0.269. The highest BCUT2D eigenvalue weighted by atomic mass is 32.1. The molecule has 7 nitrogen and oxygen atoms in total. The number of likely N-dealkylation sites (N-methyl/N-ethyl adjacent to an activating group) is 1. The van der Waals surface area contributed by atoms with E-state index in [1.807, 2.05) is 51.1 Å². The summed E-state index contributed by atoms with van der Waals surface area (Å²) >= 11 is 1.26. The van der Waals surface area contributed by atoms with Gasteiger partial charge in [0.05, 0.1) is 22.9 Å². The molecule has 0 aliphatic carbocycles. The Morgan fingerprint density at radius 2 is 1.94 bits per heavy atom. The van der Waals surface area contributed by atoms with Crippen molar-refractivity contribution >= 4 is 23.3 Å². The third-order valence-corrected chi connectivity index (χ3v) is 6.89. The summed E-state index contributed by atoms with van der Waals surface area (Å²) in [7, 11) is 1.58. The Hall–Kier alpha value is -3.65. The van der Waals surface area contributed by atoms with E-state index in [9.17, 15) is 14.7 Å². The summed E-state index contributed by atoms with van der Waals surface area (Å²) in [5.41, 5.74) is 2.22. The molecule has 1 unspecified atom stereocenters. The number of allylic oxidation sites excluding steroid dienone is 1. The number of fused-ring (bicyclic) bond motifs is 1. The van der Waals surface area contributed by atoms with Gasteiger partial charge in [0.25, 0.3) is 11.5 Å². The quantitative estimate of drug-likeness (QED) is 0.592. The molecule has 1 atom stereocenters. The van der Waals surface area contributed by atoms with E-state index in [0.29, 0.717) is 45.0 Å². The second-order valence-electron chi connectivity index (χ2n) is 7.90. The van der Waals surface area contributed by atoms with Gasteiger partial charge in [0.2, 0.25) is 0 Å². The highest BCUT2D eigenvalue weighted by molar-refractivity contribution is 7.07. The van der Waals surface area contributed by atoms with E-state index < -0.39 is 6.04 Å². The van der Waals surface area contributed by atoms with Crippen LogP contribution in [0.15, 0.2) is 69.6 Å². The van der Waals surface area contributed by atoms with Gasteiger partial charge in [-0.3, -0.25) is 14.2 Å². The van der Waals surface area contributed by atoms with Gasteiger partial charge in [-0.15, -0.1) is 0 Å². The highest BCUT2D eigenvalue weighted by Gasteiger charge is 2.35. The number of hydrogen-bond donors (Lipinski definition) is 1. The topological polar surface area (TPSA) is 84.1 Å². The largest absolute Gasteiger partial charge is 0.508 e. The maximum absolute atomic E-state index is 13.7. The van der Waals surface area contributed by atoms with Gasteiger partial charge in [-0.25, -0.2) is 4.99 Å². The molecule has 176 valence electrons. The van der Waals surface area contributed by atoms with E-state index in [1.165, 1.54) is 11.3 Å². The molecule has 0 spiro atoms. The molecule has 3 aromatic rings. The predicted octanol–water partition coefficient (Wildman–Crippen LogP) is 2.82. The fourth-order valence-corrected chi connectivity index (χ4v) is 5.28. The number of methoxy groups -OCH3 is 1. The Morgan fingerprint density at radius 3 is 2.62 bits per heavy atom. The molecule has 1 aliphatic heterocycles. The third kappa shape index (κ3) is 4.17. The van der Waals surface area contributed by atoms with Crippen LogP contribution in [0.5, 0.6) is 11.5 Å². The highest BCUT2D eigenvalue weighted by Crippen LogP contribution is 2.36. The molecule has 0 saturated heterocycles. The Bertz CT molecular complexity index is 1450. The lowest BCUT2D eigenvalue weighted by Crippen LogP contribution is -2.43. The van der Waals surface area contributed by atoms with Gasteiger partial charge in [0.1, 0.15) is 17.5 Å². The van der Waals surface area contributed by atoms with Gasteiger partial charge in [0, 0.05) is 18.7 Å².